The minimum absolute atomic E-state index is 0.0353. The number of hydrogen-bond acceptors (Lipinski definition) is 3. The number of rotatable bonds is 5. The van der Waals surface area contributed by atoms with Crippen LogP contribution in [0.15, 0.2) is 18.3 Å². The van der Waals surface area contributed by atoms with Gasteiger partial charge in [0.25, 0.3) is 0 Å². The normalized spacial score (nSPS) is 12.8. The second-order valence-corrected chi connectivity index (χ2v) is 7.08. The van der Waals surface area contributed by atoms with Gasteiger partial charge in [-0.1, -0.05) is 13.8 Å². The van der Waals surface area contributed by atoms with E-state index in [1.54, 1.807) is 24.2 Å². The molecule has 0 unspecified atom stereocenters. The van der Waals surface area contributed by atoms with Crippen LogP contribution in [0, 0.1) is 0 Å². The Morgan fingerprint density at radius 1 is 1.12 bits per heavy atom. The molecule has 0 saturated carbocycles. The maximum absolute atomic E-state index is 12.7. The molecule has 0 spiro atoms. The number of aromatic nitrogens is 1. The summed E-state index contributed by atoms with van der Waals surface area (Å²) in [7, 11) is 7.30. The fourth-order valence-corrected chi connectivity index (χ4v) is 3.00. The predicted molar refractivity (Wildman–Crippen MR) is 101 cm³/mol. The summed E-state index contributed by atoms with van der Waals surface area (Å²) in [6, 6.07) is 3.52. The van der Waals surface area contributed by atoms with Crippen LogP contribution >= 0.6 is 0 Å². The van der Waals surface area contributed by atoms with Gasteiger partial charge in [-0.3, -0.25) is 9.69 Å². The van der Waals surface area contributed by atoms with Crippen molar-refractivity contribution >= 4 is 28.5 Å². The highest BCUT2D eigenvalue weighted by molar-refractivity contribution is 6.07. The van der Waals surface area contributed by atoms with E-state index < -0.39 is 5.97 Å². The Hall–Kier alpha value is -2.34. The second-order valence-electron chi connectivity index (χ2n) is 7.08. The van der Waals surface area contributed by atoms with E-state index in [0.717, 1.165) is 11.1 Å². The van der Waals surface area contributed by atoms with Crippen molar-refractivity contribution in [1.82, 2.24) is 9.47 Å². The zero-order valence-corrected chi connectivity index (χ0v) is 16.0. The van der Waals surface area contributed by atoms with Gasteiger partial charge in [0.2, 0.25) is 5.91 Å². The first kappa shape index (κ1) is 19.0. The summed E-state index contributed by atoms with van der Waals surface area (Å²) in [4.78, 5) is 27.8. The van der Waals surface area contributed by atoms with Crippen molar-refractivity contribution in [3.05, 3.63) is 29.5 Å². The SMILES string of the molecule is CC(C)c1cc(N(C)C(=O)[C@H](C)N(C)C)cc2c(C(=O)O)cn(C)c12. The van der Waals surface area contributed by atoms with Crippen LogP contribution in [0.2, 0.25) is 0 Å². The number of fused-ring (bicyclic) bond motifs is 1. The summed E-state index contributed by atoms with van der Waals surface area (Å²) < 4.78 is 1.85. The largest absolute Gasteiger partial charge is 0.478 e. The summed E-state index contributed by atoms with van der Waals surface area (Å²) in [6.45, 7) is 5.98. The molecule has 0 aliphatic heterocycles. The van der Waals surface area contributed by atoms with E-state index in [2.05, 4.69) is 13.8 Å². The first-order valence-corrected chi connectivity index (χ1v) is 8.36. The number of carboxylic acids is 1. The van der Waals surface area contributed by atoms with Crippen LogP contribution in [-0.4, -0.2) is 53.6 Å². The number of amides is 1. The summed E-state index contributed by atoms with van der Waals surface area (Å²) in [5, 5.41) is 10.2. The predicted octanol–water partition coefficient (Wildman–Crippen LogP) is 2.91. The van der Waals surface area contributed by atoms with E-state index >= 15 is 0 Å². The molecule has 1 aromatic heterocycles. The molecule has 0 saturated heterocycles. The molecule has 0 bridgehead atoms. The maximum Gasteiger partial charge on any atom is 0.337 e. The molecule has 2 rings (SSSR count). The van der Waals surface area contributed by atoms with Gasteiger partial charge in [-0.05, 0) is 44.6 Å². The summed E-state index contributed by atoms with van der Waals surface area (Å²) in [5.41, 5.74) is 2.89. The number of nitrogens with zero attached hydrogens (tertiary/aromatic N) is 3. The van der Waals surface area contributed by atoms with Crippen molar-refractivity contribution in [1.29, 1.82) is 0 Å². The quantitative estimate of drug-likeness (QED) is 0.905. The average molecular weight is 345 g/mol. The molecule has 136 valence electrons. The van der Waals surface area contributed by atoms with Gasteiger partial charge >= 0.3 is 5.97 Å². The molecule has 1 heterocycles. The molecular formula is C19H27N3O3. The average Bonchev–Trinajstić information content (AvgIpc) is 2.88. The molecule has 6 nitrogen and oxygen atoms in total. The van der Waals surface area contributed by atoms with E-state index in [1.165, 1.54) is 0 Å². The second kappa shape index (κ2) is 6.88. The summed E-state index contributed by atoms with van der Waals surface area (Å²) >= 11 is 0. The molecule has 6 heteroatoms. The molecule has 1 N–H and O–H groups in total. The van der Waals surface area contributed by atoms with Gasteiger partial charge < -0.3 is 14.6 Å². The Labute approximate surface area is 148 Å². The molecule has 1 atom stereocenters. The number of aryl methyl sites for hydroxylation is 1. The molecule has 2 aromatic rings. The van der Waals surface area contributed by atoms with Gasteiger partial charge in [-0.25, -0.2) is 4.79 Å². The van der Waals surface area contributed by atoms with Crippen LogP contribution in [0.4, 0.5) is 5.69 Å². The van der Waals surface area contributed by atoms with Crippen LogP contribution in [0.1, 0.15) is 42.6 Å². The third kappa shape index (κ3) is 3.39. The number of aromatic carboxylic acids is 1. The van der Waals surface area contributed by atoms with Crippen LogP contribution in [0.3, 0.4) is 0 Å². The lowest BCUT2D eigenvalue weighted by Gasteiger charge is -2.26. The van der Waals surface area contributed by atoms with Crippen LogP contribution in [-0.2, 0) is 11.8 Å². The highest BCUT2D eigenvalue weighted by Gasteiger charge is 2.24. The van der Waals surface area contributed by atoms with E-state index in [1.807, 2.05) is 43.6 Å². The van der Waals surface area contributed by atoms with Crippen LogP contribution in [0.25, 0.3) is 10.9 Å². The molecule has 25 heavy (non-hydrogen) atoms. The Balaban J connectivity index is 2.68. The number of anilines is 1. The monoisotopic (exact) mass is 345 g/mol. The van der Waals surface area contributed by atoms with Crippen LogP contribution < -0.4 is 4.90 Å². The molecule has 0 radical (unpaired) electrons. The Morgan fingerprint density at radius 2 is 1.72 bits per heavy atom. The van der Waals surface area contributed by atoms with Gasteiger partial charge in [0.15, 0.2) is 0 Å². The molecule has 0 aliphatic rings. The number of benzene rings is 1. The Kier molecular flexibility index (Phi) is 5.23. The summed E-state index contributed by atoms with van der Waals surface area (Å²) in [5.74, 6) is -0.799. The Morgan fingerprint density at radius 3 is 2.20 bits per heavy atom. The van der Waals surface area contributed by atoms with Gasteiger partial charge in [0, 0.05) is 31.4 Å². The number of carbonyl (C=O) groups excluding carboxylic acids is 1. The zero-order chi connectivity index (χ0) is 19.0. The topological polar surface area (TPSA) is 65.8 Å². The highest BCUT2D eigenvalue weighted by atomic mass is 16.4. The van der Waals surface area contributed by atoms with Crippen molar-refractivity contribution in [3.63, 3.8) is 0 Å². The lowest BCUT2D eigenvalue weighted by atomic mass is 9.98. The fraction of sp³-hybridized carbons (Fsp3) is 0.474. The minimum atomic E-state index is -0.965. The first-order chi connectivity index (χ1) is 11.6. The van der Waals surface area contributed by atoms with E-state index in [0.29, 0.717) is 11.1 Å². The van der Waals surface area contributed by atoms with Gasteiger partial charge in [-0.2, -0.15) is 0 Å². The third-order valence-electron chi connectivity index (χ3n) is 4.79. The lowest BCUT2D eigenvalue weighted by molar-refractivity contribution is -0.122. The van der Waals surface area contributed by atoms with Crippen molar-refractivity contribution in [2.24, 2.45) is 7.05 Å². The smallest absolute Gasteiger partial charge is 0.337 e. The Bertz CT molecular complexity index is 821. The first-order valence-electron chi connectivity index (χ1n) is 8.36. The van der Waals surface area contributed by atoms with Crippen molar-refractivity contribution in [3.8, 4) is 0 Å². The lowest BCUT2D eigenvalue weighted by Crippen LogP contribution is -2.42. The number of carbonyl (C=O) groups is 2. The van der Waals surface area contributed by atoms with Crippen molar-refractivity contribution < 1.29 is 14.7 Å². The van der Waals surface area contributed by atoms with Crippen LogP contribution in [0.5, 0.6) is 0 Å². The van der Waals surface area contributed by atoms with E-state index in [4.69, 9.17) is 0 Å². The van der Waals surface area contributed by atoms with Gasteiger partial charge in [0.05, 0.1) is 17.1 Å². The molecular weight excluding hydrogens is 318 g/mol. The van der Waals surface area contributed by atoms with Gasteiger partial charge in [0.1, 0.15) is 0 Å². The van der Waals surface area contributed by atoms with Crippen molar-refractivity contribution in [2.45, 2.75) is 32.7 Å². The molecule has 0 fully saturated rings. The molecule has 0 aliphatic carbocycles. The maximum atomic E-state index is 12.7. The van der Waals surface area contributed by atoms with E-state index in [-0.39, 0.29) is 23.4 Å². The fourth-order valence-electron chi connectivity index (χ4n) is 3.00. The highest BCUT2D eigenvalue weighted by Crippen LogP contribution is 2.33. The van der Waals surface area contributed by atoms with Crippen molar-refractivity contribution in [2.75, 3.05) is 26.0 Å². The van der Waals surface area contributed by atoms with E-state index in [9.17, 15) is 14.7 Å². The molecule has 1 aromatic carbocycles. The number of carboxylic acid groups (broad SMARTS) is 1. The van der Waals surface area contributed by atoms with Gasteiger partial charge in [-0.15, -0.1) is 0 Å². The zero-order valence-electron chi connectivity index (χ0n) is 16.0. The third-order valence-corrected chi connectivity index (χ3v) is 4.79. The molecule has 1 amide bonds. The number of likely N-dealkylation sites (N-methyl/N-ethyl adjacent to an activating group) is 2. The minimum Gasteiger partial charge on any atom is -0.478 e. The number of hydrogen-bond donors (Lipinski definition) is 1. The standard InChI is InChI=1S/C19H27N3O3/c1-11(2)14-8-13(22(7)18(23)12(3)20(4)5)9-15-16(19(24)25)10-21(6)17(14)15/h8-12H,1-7H3,(H,24,25)/t12-/m0/s1. The summed E-state index contributed by atoms with van der Waals surface area (Å²) in [6.07, 6.45) is 1.63.